The molecule has 1 aromatic carbocycles. The maximum atomic E-state index is 12.6. The van der Waals surface area contributed by atoms with Crippen LogP contribution in [-0.2, 0) is 11.2 Å². The molecule has 0 aliphatic heterocycles. The van der Waals surface area contributed by atoms with Gasteiger partial charge >= 0.3 is 6.18 Å². The maximum absolute atomic E-state index is 12.6. The zero-order valence-corrected chi connectivity index (χ0v) is 12.5. The predicted octanol–water partition coefficient (Wildman–Crippen LogP) is 4.84. The number of aliphatic imine (C=N–C) groups is 1. The summed E-state index contributed by atoms with van der Waals surface area (Å²) in [5.74, 6) is 0.481. The fraction of sp³-hybridized carbons (Fsp3) is 0.438. The lowest BCUT2D eigenvalue weighted by atomic mass is 9.91. The van der Waals surface area contributed by atoms with Crippen LogP contribution >= 0.6 is 0 Å². The van der Waals surface area contributed by atoms with Crippen LogP contribution < -0.4 is 0 Å². The highest BCUT2D eigenvalue weighted by molar-refractivity contribution is 5.96. The van der Waals surface area contributed by atoms with Crippen LogP contribution in [0.25, 0.3) is 0 Å². The first-order valence-electron chi connectivity index (χ1n) is 6.75. The molecule has 0 radical (unpaired) electrons. The minimum atomic E-state index is -4.24. The van der Waals surface area contributed by atoms with Crippen molar-refractivity contribution >= 4 is 5.90 Å². The van der Waals surface area contributed by atoms with E-state index >= 15 is 0 Å². The van der Waals surface area contributed by atoms with E-state index in [1.165, 1.54) is 25.4 Å². The van der Waals surface area contributed by atoms with Crippen molar-refractivity contribution in [3.8, 4) is 0 Å². The number of ether oxygens (including phenoxy) is 1. The van der Waals surface area contributed by atoms with Crippen LogP contribution in [0.15, 0.2) is 36.0 Å². The fourth-order valence-electron chi connectivity index (χ4n) is 2.09. The normalized spacial score (nSPS) is 13.9. The third-order valence-corrected chi connectivity index (χ3v) is 3.30. The summed E-state index contributed by atoms with van der Waals surface area (Å²) in [6.07, 6.45) is -3.02. The second-order valence-electron chi connectivity index (χ2n) is 4.84. The molecular formula is C16H20F3NO. The van der Waals surface area contributed by atoms with Gasteiger partial charge in [0.15, 0.2) is 0 Å². The highest BCUT2D eigenvalue weighted by Crippen LogP contribution is 2.28. The highest BCUT2D eigenvalue weighted by atomic mass is 19.4. The Morgan fingerprint density at radius 2 is 2.10 bits per heavy atom. The first-order chi connectivity index (χ1) is 9.82. The van der Waals surface area contributed by atoms with Gasteiger partial charge in [0.05, 0.1) is 13.5 Å². The number of hydrogen-bond acceptors (Lipinski definition) is 2. The van der Waals surface area contributed by atoms with E-state index in [0.29, 0.717) is 5.56 Å². The molecule has 0 heterocycles. The molecule has 0 saturated heterocycles. The molecule has 1 unspecified atom stereocenters. The molecule has 116 valence electrons. The number of benzene rings is 1. The van der Waals surface area contributed by atoms with Crippen molar-refractivity contribution < 1.29 is 17.9 Å². The van der Waals surface area contributed by atoms with E-state index in [9.17, 15) is 13.2 Å². The molecule has 0 bridgehead atoms. The van der Waals surface area contributed by atoms with Crippen LogP contribution in [0, 0.1) is 0 Å². The predicted molar refractivity (Wildman–Crippen MR) is 78.7 cm³/mol. The Morgan fingerprint density at radius 1 is 1.43 bits per heavy atom. The molecule has 2 nitrogen and oxygen atoms in total. The van der Waals surface area contributed by atoms with Gasteiger partial charge in [-0.25, -0.2) is 4.99 Å². The molecule has 0 N–H and O–H groups in total. The summed E-state index contributed by atoms with van der Waals surface area (Å²) in [7, 11) is 1.44. The lowest BCUT2D eigenvalue weighted by Gasteiger charge is -2.17. The Kier molecular flexibility index (Phi) is 6.00. The third-order valence-electron chi connectivity index (χ3n) is 3.30. The van der Waals surface area contributed by atoms with E-state index in [2.05, 4.69) is 11.6 Å². The van der Waals surface area contributed by atoms with Crippen molar-refractivity contribution in [2.24, 2.45) is 4.99 Å². The van der Waals surface area contributed by atoms with E-state index in [0.717, 1.165) is 12.0 Å². The van der Waals surface area contributed by atoms with Crippen LogP contribution in [0.2, 0.25) is 0 Å². The molecule has 0 fully saturated rings. The molecular weight excluding hydrogens is 279 g/mol. The summed E-state index contributed by atoms with van der Waals surface area (Å²) in [5.41, 5.74) is 1.71. The minimum absolute atomic E-state index is 0.193. The van der Waals surface area contributed by atoms with Gasteiger partial charge in [-0.15, -0.1) is 0 Å². The van der Waals surface area contributed by atoms with Gasteiger partial charge in [0.25, 0.3) is 0 Å². The first-order valence-corrected chi connectivity index (χ1v) is 6.75. The summed E-state index contributed by atoms with van der Waals surface area (Å²) in [5, 5.41) is 0. The molecule has 1 aromatic rings. The van der Waals surface area contributed by atoms with Crippen molar-refractivity contribution in [1.29, 1.82) is 0 Å². The Bertz CT molecular complexity index is 521. The Balaban J connectivity index is 3.35. The van der Waals surface area contributed by atoms with E-state index in [-0.39, 0.29) is 17.4 Å². The van der Waals surface area contributed by atoms with Gasteiger partial charge in [-0.3, -0.25) is 0 Å². The van der Waals surface area contributed by atoms with E-state index < -0.39 is 12.6 Å². The molecule has 1 atom stereocenters. The molecule has 1 rings (SSSR count). The van der Waals surface area contributed by atoms with Gasteiger partial charge in [-0.1, -0.05) is 32.6 Å². The standard InChI is InChI=1S/C16H20F3NO/c1-5-11(3)13-8-7-12(10-16(17,18)19)9-14(13)15(21-4)20-6-2/h6-9,11H,2,5,10H2,1,3-4H3. The molecule has 0 spiro atoms. The van der Waals surface area contributed by atoms with Gasteiger partial charge in [0.1, 0.15) is 0 Å². The molecule has 5 heteroatoms. The van der Waals surface area contributed by atoms with Crippen molar-refractivity contribution in [2.45, 2.75) is 38.8 Å². The summed E-state index contributed by atoms with van der Waals surface area (Å²) < 4.78 is 42.8. The van der Waals surface area contributed by atoms with Crippen molar-refractivity contribution in [1.82, 2.24) is 0 Å². The highest BCUT2D eigenvalue weighted by Gasteiger charge is 2.28. The smallest absolute Gasteiger partial charge is 0.393 e. The Hall–Kier alpha value is -1.78. The van der Waals surface area contributed by atoms with Gasteiger partial charge in [-0.2, -0.15) is 13.2 Å². The number of halogens is 3. The van der Waals surface area contributed by atoms with Crippen LogP contribution in [-0.4, -0.2) is 19.2 Å². The number of alkyl halides is 3. The molecule has 0 aromatic heterocycles. The Morgan fingerprint density at radius 3 is 2.57 bits per heavy atom. The molecule has 21 heavy (non-hydrogen) atoms. The van der Waals surface area contributed by atoms with Crippen molar-refractivity contribution in [2.75, 3.05) is 7.11 Å². The number of rotatable bonds is 5. The topological polar surface area (TPSA) is 21.6 Å². The summed E-state index contributed by atoms with van der Waals surface area (Å²) >= 11 is 0. The zero-order valence-electron chi connectivity index (χ0n) is 12.5. The second-order valence-corrected chi connectivity index (χ2v) is 4.84. The third kappa shape index (κ3) is 4.92. The summed E-state index contributed by atoms with van der Waals surface area (Å²) in [6.45, 7) is 7.54. The zero-order chi connectivity index (χ0) is 16.0. The van der Waals surface area contributed by atoms with Crippen LogP contribution in [0.1, 0.15) is 42.9 Å². The van der Waals surface area contributed by atoms with Crippen molar-refractivity contribution in [3.05, 3.63) is 47.7 Å². The summed E-state index contributed by atoms with van der Waals surface area (Å²) in [6, 6.07) is 4.74. The maximum Gasteiger partial charge on any atom is 0.393 e. The second kappa shape index (κ2) is 7.29. The quantitative estimate of drug-likeness (QED) is 0.563. The molecule has 0 aliphatic rings. The van der Waals surface area contributed by atoms with Gasteiger partial charge < -0.3 is 4.74 Å². The van der Waals surface area contributed by atoms with E-state index in [4.69, 9.17) is 4.74 Å². The largest absolute Gasteiger partial charge is 0.481 e. The average Bonchev–Trinajstić information content (AvgIpc) is 2.42. The molecule has 0 saturated carbocycles. The lowest BCUT2D eigenvalue weighted by Crippen LogP contribution is -2.14. The van der Waals surface area contributed by atoms with Gasteiger partial charge in [-0.05, 0) is 29.5 Å². The fourth-order valence-corrected chi connectivity index (χ4v) is 2.09. The van der Waals surface area contributed by atoms with Crippen molar-refractivity contribution in [3.63, 3.8) is 0 Å². The van der Waals surface area contributed by atoms with Crippen LogP contribution in [0.5, 0.6) is 0 Å². The lowest BCUT2D eigenvalue weighted by molar-refractivity contribution is -0.127. The van der Waals surface area contributed by atoms with E-state index in [1.54, 1.807) is 6.07 Å². The average molecular weight is 299 g/mol. The monoisotopic (exact) mass is 299 g/mol. The van der Waals surface area contributed by atoms with Crippen LogP contribution in [0.3, 0.4) is 0 Å². The molecule has 0 amide bonds. The van der Waals surface area contributed by atoms with Gasteiger partial charge in [0, 0.05) is 11.8 Å². The first kappa shape index (κ1) is 17.3. The Labute approximate surface area is 123 Å². The molecule has 0 aliphatic carbocycles. The SMILES string of the molecule is C=CN=C(OC)c1cc(CC(F)(F)F)ccc1C(C)CC. The summed E-state index contributed by atoms with van der Waals surface area (Å²) in [4.78, 5) is 4.00. The number of nitrogens with zero attached hydrogens (tertiary/aromatic N) is 1. The number of hydrogen-bond donors (Lipinski definition) is 0. The van der Waals surface area contributed by atoms with Gasteiger partial charge in [0.2, 0.25) is 5.90 Å². The van der Waals surface area contributed by atoms with E-state index in [1.807, 2.05) is 13.8 Å². The number of methoxy groups -OCH3 is 1. The minimum Gasteiger partial charge on any atom is -0.481 e. The van der Waals surface area contributed by atoms with Crippen LogP contribution in [0.4, 0.5) is 13.2 Å².